The zero-order valence-electron chi connectivity index (χ0n) is 9.68. The molecule has 1 N–H and O–H groups in total. The monoisotopic (exact) mass is 242 g/mol. The van der Waals surface area contributed by atoms with E-state index in [1.54, 1.807) is 12.4 Å². The van der Waals surface area contributed by atoms with Crippen LogP contribution >= 0.6 is 0 Å². The van der Waals surface area contributed by atoms with Gasteiger partial charge in [0.15, 0.2) is 0 Å². The number of hydrogen-bond acceptors (Lipinski definition) is 3. The Morgan fingerprint density at radius 1 is 1.31 bits per heavy atom. The number of rotatable bonds is 6. The van der Waals surface area contributed by atoms with Crippen LogP contribution in [0, 0.1) is 5.92 Å². The first-order valence-electron chi connectivity index (χ1n) is 5.36. The van der Waals surface area contributed by atoms with Gasteiger partial charge in [-0.15, -0.1) is 0 Å². The molecule has 0 aliphatic heterocycles. The van der Waals surface area contributed by atoms with Crippen molar-refractivity contribution in [3.8, 4) is 0 Å². The van der Waals surface area contributed by atoms with E-state index in [-0.39, 0.29) is 11.7 Å². The number of nitrogens with zero attached hydrogens (tertiary/aromatic N) is 1. The SMILES string of the molecule is CC(C)CS(=O)(=O)NCCc1ccncc1. The molecule has 0 saturated heterocycles. The Morgan fingerprint density at radius 3 is 2.50 bits per heavy atom. The van der Waals surface area contributed by atoms with E-state index in [0.29, 0.717) is 13.0 Å². The summed E-state index contributed by atoms with van der Waals surface area (Å²) in [5.41, 5.74) is 1.09. The minimum absolute atomic E-state index is 0.151. The molecule has 0 aliphatic rings. The van der Waals surface area contributed by atoms with Crippen molar-refractivity contribution >= 4 is 10.0 Å². The second kappa shape index (κ2) is 5.96. The zero-order chi connectivity index (χ0) is 12.0. The van der Waals surface area contributed by atoms with E-state index >= 15 is 0 Å². The zero-order valence-corrected chi connectivity index (χ0v) is 10.5. The normalized spacial score (nSPS) is 11.9. The van der Waals surface area contributed by atoms with Gasteiger partial charge in [-0.1, -0.05) is 13.8 Å². The molecule has 1 aromatic rings. The van der Waals surface area contributed by atoms with Gasteiger partial charge in [0.2, 0.25) is 10.0 Å². The van der Waals surface area contributed by atoms with Crippen LogP contribution in [0.5, 0.6) is 0 Å². The largest absolute Gasteiger partial charge is 0.265 e. The highest BCUT2D eigenvalue weighted by molar-refractivity contribution is 7.89. The second-order valence-electron chi connectivity index (χ2n) is 4.18. The first-order valence-corrected chi connectivity index (χ1v) is 7.01. The van der Waals surface area contributed by atoms with Gasteiger partial charge in [-0.05, 0) is 30.0 Å². The summed E-state index contributed by atoms with van der Waals surface area (Å²) in [5, 5.41) is 0. The summed E-state index contributed by atoms with van der Waals surface area (Å²) in [6, 6.07) is 3.77. The molecule has 0 atom stereocenters. The van der Waals surface area contributed by atoms with E-state index in [2.05, 4.69) is 9.71 Å². The van der Waals surface area contributed by atoms with E-state index in [9.17, 15) is 8.42 Å². The van der Waals surface area contributed by atoms with Gasteiger partial charge in [0.1, 0.15) is 0 Å². The molecule has 0 saturated carbocycles. The topological polar surface area (TPSA) is 59.1 Å². The number of aromatic nitrogens is 1. The molecule has 0 amide bonds. The van der Waals surface area contributed by atoms with Crippen LogP contribution < -0.4 is 4.72 Å². The number of nitrogens with one attached hydrogen (secondary N) is 1. The molecular formula is C11H18N2O2S. The lowest BCUT2D eigenvalue weighted by Crippen LogP contribution is -2.30. The predicted octanol–water partition coefficient (Wildman–Crippen LogP) is 1.20. The highest BCUT2D eigenvalue weighted by atomic mass is 32.2. The molecular weight excluding hydrogens is 224 g/mol. The van der Waals surface area contributed by atoms with E-state index in [0.717, 1.165) is 5.56 Å². The molecule has 0 aromatic carbocycles. The van der Waals surface area contributed by atoms with Gasteiger partial charge < -0.3 is 0 Å². The van der Waals surface area contributed by atoms with E-state index in [1.165, 1.54) is 0 Å². The Labute approximate surface area is 97.2 Å². The maximum Gasteiger partial charge on any atom is 0.211 e. The van der Waals surface area contributed by atoms with E-state index in [4.69, 9.17) is 0 Å². The minimum Gasteiger partial charge on any atom is -0.265 e. The molecule has 90 valence electrons. The van der Waals surface area contributed by atoms with Crippen LogP contribution in [0.1, 0.15) is 19.4 Å². The van der Waals surface area contributed by atoms with Gasteiger partial charge in [-0.2, -0.15) is 0 Å². The third-order valence-electron chi connectivity index (χ3n) is 2.04. The number of hydrogen-bond donors (Lipinski definition) is 1. The summed E-state index contributed by atoms with van der Waals surface area (Å²) in [6.45, 7) is 4.23. The fourth-order valence-corrected chi connectivity index (χ4v) is 2.81. The van der Waals surface area contributed by atoms with Crippen molar-refractivity contribution in [3.63, 3.8) is 0 Å². The van der Waals surface area contributed by atoms with Gasteiger partial charge >= 0.3 is 0 Å². The van der Waals surface area contributed by atoms with E-state index in [1.807, 2.05) is 26.0 Å². The average molecular weight is 242 g/mol. The Bertz CT molecular complexity index is 401. The summed E-state index contributed by atoms with van der Waals surface area (Å²) in [5.74, 6) is 0.335. The van der Waals surface area contributed by atoms with Crippen molar-refractivity contribution in [1.82, 2.24) is 9.71 Å². The van der Waals surface area contributed by atoms with Crippen molar-refractivity contribution in [1.29, 1.82) is 0 Å². The standard InChI is InChI=1S/C11H18N2O2S/c1-10(2)9-16(14,15)13-8-5-11-3-6-12-7-4-11/h3-4,6-7,10,13H,5,8-9H2,1-2H3. The molecule has 0 bridgehead atoms. The van der Waals surface area contributed by atoms with Gasteiger partial charge in [-0.3, -0.25) is 4.98 Å². The van der Waals surface area contributed by atoms with Crippen molar-refractivity contribution in [3.05, 3.63) is 30.1 Å². The average Bonchev–Trinajstić information content (AvgIpc) is 2.16. The number of sulfonamides is 1. The molecule has 1 aromatic heterocycles. The molecule has 5 heteroatoms. The molecule has 16 heavy (non-hydrogen) atoms. The summed E-state index contributed by atoms with van der Waals surface area (Å²) >= 11 is 0. The van der Waals surface area contributed by atoms with Crippen LogP contribution in [-0.4, -0.2) is 25.7 Å². The van der Waals surface area contributed by atoms with Gasteiger partial charge in [0.05, 0.1) is 5.75 Å². The fraction of sp³-hybridized carbons (Fsp3) is 0.545. The van der Waals surface area contributed by atoms with Crippen LogP contribution in [0.2, 0.25) is 0 Å². The molecule has 0 spiro atoms. The summed E-state index contributed by atoms with van der Waals surface area (Å²) in [6.07, 6.45) is 4.11. The Morgan fingerprint density at radius 2 is 1.94 bits per heavy atom. The maximum atomic E-state index is 11.5. The number of pyridine rings is 1. The van der Waals surface area contributed by atoms with Gasteiger partial charge in [-0.25, -0.2) is 13.1 Å². The van der Waals surface area contributed by atoms with Crippen molar-refractivity contribution in [2.45, 2.75) is 20.3 Å². The van der Waals surface area contributed by atoms with Crippen LogP contribution in [0.4, 0.5) is 0 Å². The van der Waals surface area contributed by atoms with Crippen molar-refractivity contribution in [2.75, 3.05) is 12.3 Å². The van der Waals surface area contributed by atoms with Crippen molar-refractivity contribution < 1.29 is 8.42 Å². The van der Waals surface area contributed by atoms with Gasteiger partial charge in [0.25, 0.3) is 0 Å². The van der Waals surface area contributed by atoms with Crippen LogP contribution in [0.15, 0.2) is 24.5 Å². The summed E-state index contributed by atoms with van der Waals surface area (Å²) < 4.78 is 25.6. The van der Waals surface area contributed by atoms with Crippen molar-refractivity contribution in [2.24, 2.45) is 5.92 Å². The Hall–Kier alpha value is -0.940. The third-order valence-corrected chi connectivity index (χ3v) is 3.79. The Kier molecular flexibility index (Phi) is 4.89. The third kappa shape index (κ3) is 5.23. The smallest absolute Gasteiger partial charge is 0.211 e. The molecule has 1 rings (SSSR count). The lowest BCUT2D eigenvalue weighted by molar-refractivity contribution is 0.568. The first kappa shape index (κ1) is 13.1. The van der Waals surface area contributed by atoms with Crippen LogP contribution in [-0.2, 0) is 16.4 Å². The molecule has 0 unspecified atom stereocenters. The summed E-state index contributed by atoms with van der Waals surface area (Å²) in [4.78, 5) is 3.90. The predicted molar refractivity (Wildman–Crippen MR) is 64.6 cm³/mol. The first-order chi connectivity index (χ1) is 7.49. The summed E-state index contributed by atoms with van der Waals surface area (Å²) in [7, 11) is -3.12. The maximum absolute atomic E-state index is 11.5. The molecule has 0 radical (unpaired) electrons. The quantitative estimate of drug-likeness (QED) is 0.815. The lowest BCUT2D eigenvalue weighted by atomic mass is 10.2. The van der Waals surface area contributed by atoms with Gasteiger partial charge in [0, 0.05) is 18.9 Å². The lowest BCUT2D eigenvalue weighted by Gasteiger charge is -2.08. The fourth-order valence-electron chi connectivity index (χ4n) is 1.40. The molecule has 4 nitrogen and oxygen atoms in total. The molecule has 0 fully saturated rings. The minimum atomic E-state index is -3.12. The van der Waals surface area contributed by atoms with E-state index < -0.39 is 10.0 Å². The van der Waals surface area contributed by atoms with Crippen LogP contribution in [0.3, 0.4) is 0 Å². The molecule has 1 heterocycles. The Balaban J connectivity index is 2.36. The highest BCUT2D eigenvalue weighted by Crippen LogP contribution is 1.99. The highest BCUT2D eigenvalue weighted by Gasteiger charge is 2.11. The second-order valence-corrected chi connectivity index (χ2v) is 6.03. The molecule has 0 aliphatic carbocycles. The van der Waals surface area contributed by atoms with Crippen LogP contribution in [0.25, 0.3) is 0 Å².